The topological polar surface area (TPSA) is 27.7 Å². The van der Waals surface area contributed by atoms with Crippen molar-refractivity contribution in [2.45, 2.75) is 78.1 Å². The summed E-state index contributed by atoms with van der Waals surface area (Å²) in [5.41, 5.74) is 0. The summed E-state index contributed by atoms with van der Waals surface area (Å²) in [6, 6.07) is 10.4. The molecular formula is C25H38O3. The molecule has 0 aromatic heterocycles. The fraction of sp³-hybridized carbons (Fsp3) is 0.600. The highest BCUT2D eigenvalue weighted by Crippen LogP contribution is 2.34. The minimum absolute atomic E-state index is 0.741. The molecule has 2 rings (SSSR count). The number of fused-ring (bicyclic) bond motifs is 1. The van der Waals surface area contributed by atoms with Crippen molar-refractivity contribution in [3.05, 3.63) is 30.3 Å². The highest BCUT2D eigenvalue weighted by atomic mass is 16.5. The zero-order valence-electron chi connectivity index (χ0n) is 18.1. The molecular weight excluding hydrogens is 348 g/mol. The number of rotatable bonds is 15. The third kappa shape index (κ3) is 7.61. The predicted octanol–water partition coefficient (Wildman–Crippen LogP) is 7.55. The third-order valence-electron chi connectivity index (χ3n) is 5.12. The molecule has 0 amide bonds. The first-order chi connectivity index (χ1) is 13.8. The molecule has 0 unspecified atom stereocenters. The Labute approximate surface area is 171 Å². The minimum Gasteiger partial charge on any atom is -0.494 e. The van der Waals surface area contributed by atoms with Crippen LogP contribution in [-0.2, 0) is 0 Å². The standard InChI is InChI=1S/C25H38O3/c1-4-6-8-10-12-16-27-23-15-14-21-19-25(24(26-3)20-22(21)18-23)28-17-13-11-9-7-5-2/h14-15,18-20H,4-13,16-17H2,1-3H3. The second-order valence-electron chi connectivity index (χ2n) is 7.54. The Bertz CT molecular complexity index is 681. The summed E-state index contributed by atoms with van der Waals surface area (Å²) in [7, 11) is 1.70. The largest absolute Gasteiger partial charge is 0.494 e. The lowest BCUT2D eigenvalue weighted by Gasteiger charge is -2.13. The van der Waals surface area contributed by atoms with Crippen molar-refractivity contribution < 1.29 is 14.2 Å². The molecule has 156 valence electrons. The van der Waals surface area contributed by atoms with Gasteiger partial charge in [0.2, 0.25) is 0 Å². The molecule has 0 radical (unpaired) electrons. The molecule has 2 aromatic carbocycles. The maximum Gasteiger partial charge on any atom is 0.161 e. The Hall–Kier alpha value is -1.90. The van der Waals surface area contributed by atoms with Crippen molar-refractivity contribution in [3.63, 3.8) is 0 Å². The van der Waals surface area contributed by atoms with Crippen LogP contribution in [0, 0.1) is 0 Å². The molecule has 0 aliphatic carbocycles. The van der Waals surface area contributed by atoms with Gasteiger partial charge in [-0.15, -0.1) is 0 Å². The summed E-state index contributed by atoms with van der Waals surface area (Å²) >= 11 is 0. The van der Waals surface area contributed by atoms with Gasteiger partial charge in [-0.05, 0) is 47.9 Å². The van der Waals surface area contributed by atoms with Crippen molar-refractivity contribution in [1.82, 2.24) is 0 Å². The number of unbranched alkanes of at least 4 members (excludes halogenated alkanes) is 8. The van der Waals surface area contributed by atoms with E-state index >= 15 is 0 Å². The first kappa shape index (κ1) is 22.4. The second-order valence-corrected chi connectivity index (χ2v) is 7.54. The molecule has 0 spiro atoms. The number of methoxy groups -OCH3 is 1. The first-order valence-electron chi connectivity index (χ1n) is 11.2. The lowest BCUT2D eigenvalue weighted by atomic mass is 10.1. The molecule has 0 aliphatic heterocycles. The van der Waals surface area contributed by atoms with Crippen LogP contribution in [0.4, 0.5) is 0 Å². The van der Waals surface area contributed by atoms with Crippen LogP contribution < -0.4 is 14.2 Å². The van der Waals surface area contributed by atoms with Crippen LogP contribution in [-0.4, -0.2) is 20.3 Å². The average molecular weight is 387 g/mol. The first-order valence-corrected chi connectivity index (χ1v) is 11.2. The van der Waals surface area contributed by atoms with Crippen molar-refractivity contribution in [3.8, 4) is 17.2 Å². The van der Waals surface area contributed by atoms with Crippen LogP contribution >= 0.6 is 0 Å². The average Bonchev–Trinajstić information content (AvgIpc) is 2.72. The van der Waals surface area contributed by atoms with E-state index in [-0.39, 0.29) is 0 Å². The van der Waals surface area contributed by atoms with Gasteiger partial charge in [0.25, 0.3) is 0 Å². The zero-order valence-corrected chi connectivity index (χ0v) is 18.1. The van der Waals surface area contributed by atoms with E-state index in [4.69, 9.17) is 14.2 Å². The number of ether oxygens (including phenoxy) is 3. The summed E-state index contributed by atoms with van der Waals surface area (Å²) in [5, 5.41) is 2.27. The molecule has 0 saturated heterocycles. The van der Waals surface area contributed by atoms with Crippen LogP contribution in [0.15, 0.2) is 30.3 Å². The minimum atomic E-state index is 0.741. The van der Waals surface area contributed by atoms with Gasteiger partial charge < -0.3 is 14.2 Å². The van der Waals surface area contributed by atoms with Gasteiger partial charge in [0.15, 0.2) is 11.5 Å². The van der Waals surface area contributed by atoms with Crippen LogP contribution in [0.25, 0.3) is 10.8 Å². The fourth-order valence-corrected chi connectivity index (χ4v) is 3.38. The van der Waals surface area contributed by atoms with E-state index in [0.717, 1.165) is 54.1 Å². The summed E-state index contributed by atoms with van der Waals surface area (Å²) in [4.78, 5) is 0. The van der Waals surface area contributed by atoms with E-state index in [1.165, 1.54) is 51.4 Å². The van der Waals surface area contributed by atoms with Crippen LogP contribution in [0.5, 0.6) is 17.2 Å². The van der Waals surface area contributed by atoms with Crippen LogP contribution in [0.2, 0.25) is 0 Å². The molecule has 3 nitrogen and oxygen atoms in total. The molecule has 0 heterocycles. The maximum absolute atomic E-state index is 6.00. The van der Waals surface area contributed by atoms with Crippen LogP contribution in [0.3, 0.4) is 0 Å². The highest BCUT2D eigenvalue weighted by molar-refractivity contribution is 5.87. The van der Waals surface area contributed by atoms with Gasteiger partial charge in [-0.2, -0.15) is 0 Å². The van der Waals surface area contributed by atoms with Gasteiger partial charge in [0.1, 0.15) is 5.75 Å². The van der Waals surface area contributed by atoms with E-state index in [9.17, 15) is 0 Å². The third-order valence-corrected chi connectivity index (χ3v) is 5.12. The number of hydrogen-bond donors (Lipinski definition) is 0. The van der Waals surface area contributed by atoms with E-state index in [2.05, 4.69) is 44.2 Å². The predicted molar refractivity (Wildman–Crippen MR) is 119 cm³/mol. The Kier molecular flexibility index (Phi) is 10.6. The Morgan fingerprint density at radius 2 is 1.21 bits per heavy atom. The summed E-state index contributed by atoms with van der Waals surface area (Å²) in [5.74, 6) is 2.54. The summed E-state index contributed by atoms with van der Waals surface area (Å²) in [6.45, 7) is 6.00. The highest BCUT2D eigenvalue weighted by Gasteiger charge is 2.08. The Morgan fingerprint density at radius 3 is 1.86 bits per heavy atom. The SMILES string of the molecule is CCCCCCCOc1ccc2cc(OCCCCCCC)c(OC)cc2c1. The molecule has 0 fully saturated rings. The van der Waals surface area contributed by atoms with E-state index in [1.807, 2.05) is 0 Å². The van der Waals surface area contributed by atoms with Crippen molar-refractivity contribution in [2.24, 2.45) is 0 Å². The number of benzene rings is 2. The summed E-state index contributed by atoms with van der Waals surface area (Å²) in [6.07, 6.45) is 12.4. The molecule has 2 aromatic rings. The normalized spacial score (nSPS) is 11.0. The molecule has 0 atom stereocenters. The Balaban J connectivity index is 1.90. The quantitative estimate of drug-likeness (QED) is 0.296. The number of hydrogen-bond acceptors (Lipinski definition) is 3. The van der Waals surface area contributed by atoms with Gasteiger partial charge in [-0.25, -0.2) is 0 Å². The molecule has 0 N–H and O–H groups in total. The monoisotopic (exact) mass is 386 g/mol. The molecule has 3 heteroatoms. The van der Waals surface area contributed by atoms with Crippen molar-refractivity contribution in [1.29, 1.82) is 0 Å². The van der Waals surface area contributed by atoms with Gasteiger partial charge in [0.05, 0.1) is 20.3 Å². The lowest BCUT2D eigenvalue weighted by molar-refractivity contribution is 0.285. The van der Waals surface area contributed by atoms with E-state index < -0.39 is 0 Å². The van der Waals surface area contributed by atoms with Gasteiger partial charge in [0, 0.05) is 0 Å². The molecule has 28 heavy (non-hydrogen) atoms. The van der Waals surface area contributed by atoms with Gasteiger partial charge >= 0.3 is 0 Å². The molecule has 0 aliphatic rings. The Morgan fingerprint density at radius 1 is 0.607 bits per heavy atom. The second kappa shape index (κ2) is 13.3. The maximum atomic E-state index is 6.00. The zero-order chi connectivity index (χ0) is 20.0. The van der Waals surface area contributed by atoms with E-state index in [0.29, 0.717) is 0 Å². The van der Waals surface area contributed by atoms with Gasteiger partial charge in [-0.3, -0.25) is 0 Å². The van der Waals surface area contributed by atoms with Crippen molar-refractivity contribution in [2.75, 3.05) is 20.3 Å². The smallest absolute Gasteiger partial charge is 0.161 e. The van der Waals surface area contributed by atoms with E-state index in [1.54, 1.807) is 7.11 Å². The summed E-state index contributed by atoms with van der Waals surface area (Å²) < 4.78 is 17.5. The lowest BCUT2D eigenvalue weighted by Crippen LogP contribution is -2.00. The van der Waals surface area contributed by atoms with Crippen LogP contribution in [0.1, 0.15) is 78.1 Å². The molecule has 0 saturated carbocycles. The van der Waals surface area contributed by atoms with Crippen molar-refractivity contribution >= 4 is 10.8 Å². The fourth-order valence-electron chi connectivity index (χ4n) is 3.38. The van der Waals surface area contributed by atoms with Gasteiger partial charge in [-0.1, -0.05) is 71.3 Å². The molecule has 0 bridgehead atoms.